The molecule has 0 heterocycles. The van der Waals surface area contributed by atoms with Crippen molar-refractivity contribution in [3.05, 3.63) is 89.5 Å². The summed E-state index contributed by atoms with van der Waals surface area (Å²) in [4.78, 5) is 15.7. The van der Waals surface area contributed by atoms with Crippen molar-refractivity contribution in [3.63, 3.8) is 0 Å². The highest BCUT2D eigenvalue weighted by Gasteiger charge is 2.22. The number of ketones is 1. The van der Waals surface area contributed by atoms with Gasteiger partial charge in [-0.05, 0) is 30.7 Å². The van der Waals surface area contributed by atoms with E-state index in [0.29, 0.717) is 24.0 Å². The zero-order chi connectivity index (χ0) is 16.5. The topological polar surface area (TPSA) is 53.5 Å². The summed E-state index contributed by atoms with van der Waals surface area (Å²) < 4.78 is 0. The van der Waals surface area contributed by atoms with E-state index in [0.717, 1.165) is 5.56 Å². The van der Waals surface area contributed by atoms with E-state index in [1.54, 1.807) is 24.3 Å². The van der Waals surface area contributed by atoms with Crippen molar-refractivity contribution >= 4 is 11.5 Å². The second kappa shape index (κ2) is 8.29. The van der Waals surface area contributed by atoms with Crippen LogP contribution in [-0.4, -0.2) is 16.3 Å². The molecule has 0 fully saturated rings. The van der Waals surface area contributed by atoms with E-state index in [4.69, 9.17) is 5.53 Å². The van der Waals surface area contributed by atoms with Gasteiger partial charge in [-0.25, -0.2) is 0 Å². The van der Waals surface area contributed by atoms with Gasteiger partial charge in [0.1, 0.15) is 0 Å². The van der Waals surface area contributed by atoms with Crippen LogP contribution in [0.2, 0.25) is 0 Å². The quantitative estimate of drug-likeness (QED) is 0.206. The fourth-order valence-corrected chi connectivity index (χ4v) is 2.05. The minimum absolute atomic E-state index is 0.110. The van der Waals surface area contributed by atoms with Crippen molar-refractivity contribution in [1.29, 1.82) is 0 Å². The van der Waals surface area contributed by atoms with Crippen LogP contribution in [0.15, 0.2) is 67.3 Å². The average Bonchev–Trinajstić information content (AvgIpc) is 2.61. The van der Waals surface area contributed by atoms with Crippen LogP contribution < -0.4 is 0 Å². The minimum Gasteiger partial charge on any atom is -0.361 e. The Morgan fingerprint density at radius 1 is 1.09 bits per heavy atom. The van der Waals surface area contributed by atoms with Crippen molar-refractivity contribution in [3.8, 4) is 11.8 Å². The van der Waals surface area contributed by atoms with Crippen LogP contribution in [0.25, 0.3) is 5.53 Å². The Bertz CT molecular complexity index is 819. The Morgan fingerprint density at radius 3 is 2.48 bits per heavy atom. The van der Waals surface area contributed by atoms with Gasteiger partial charge in [0.15, 0.2) is 0 Å². The Kier molecular flexibility index (Phi) is 5.82. The highest BCUT2D eigenvalue weighted by Crippen LogP contribution is 2.11. The molecule has 0 N–H and O–H groups in total. The van der Waals surface area contributed by atoms with Crippen LogP contribution in [0.3, 0.4) is 0 Å². The van der Waals surface area contributed by atoms with Crippen molar-refractivity contribution in [2.45, 2.75) is 12.8 Å². The number of benzene rings is 2. The van der Waals surface area contributed by atoms with E-state index in [1.165, 1.54) is 0 Å². The van der Waals surface area contributed by atoms with Crippen LogP contribution in [0.4, 0.5) is 0 Å². The Labute approximate surface area is 135 Å². The Morgan fingerprint density at radius 2 is 1.78 bits per heavy atom. The number of nitrogens with zero attached hydrogens (tertiary/aromatic N) is 2. The summed E-state index contributed by atoms with van der Waals surface area (Å²) in [5, 5.41) is 0. The first-order valence-electron chi connectivity index (χ1n) is 7.29. The normalized spacial score (nSPS) is 9.22. The lowest BCUT2D eigenvalue weighted by Gasteiger charge is -2.00. The zero-order valence-electron chi connectivity index (χ0n) is 12.7. The SMILES string of the molecule is C=CCCC(=[N+]=[N-])C(=O)c1ccccc1C#Cc1ccccc1. The molecule has 112 valence electrons. The fourth-order valence-electron chi connectivity index (χ4n) is 2.05. The standard InChI is InChI=1S/C20H16N2O/c1-2-3-13-19(22-21)20(23)18-12-8-7-11-17(18)15-14-16-9-5-4-6-10-16/h2,4-12H,1,3,13H2. The lowest BCUT2D eigenvalue weighted by atomic mass is 9.98. The smallest absolute Gasteiger partial charge is 0.339 e. The first-order valence-corrected chi connectivity index (χ1v) is 7.29. The number of hydrogen-bond donors (Lipinski definition) is 0. The number of carbonyl (C=O) groups is 1. The molecule has 0 aliphatic carbocycles. The van der Waals surface area contributed by atoms with Gasteiger partial charge in [-0.2, -0.15) is 4.79 Å². The number of carbonyl (C=O) groups excluding carboxylic acids is 1. The maximum absolute atomic E-state index is 12.5. The number of rotatable bonds is 5. The highest BCUT2D eigenvalue weighted by atomic mass is 16.1. The van der Waals surface area contributed by atoms with Gasteiger partial charge in [0, 0.05) is 16.7 Å². The molecular weight excluding hydrogens is 284 g/mol. The molecule has 0 spiro atoms. The van der Waals surface area contributed by atoms with E-state index in [-0.39, 0.29) is 11.5 Å². The fraction of sp³-hybridized carbons (Fsp3) is 0.100. The third-order valence-corrected chi connectivity index (χ3v) is 3.26. The molecular formula is C20H16N2O. The van der Waals surface area contributed by atoms with Crippen LogP contribution in [0.1, 0.15) is 34.3 Å². The minimum atomic E-state index is -0.313. The first-order chi connectivity index (χ1) is 11.3. The maximum atomic E-state index is 12.5. The zero-order valence-corrected chi connectivity index (χ0v) is 12.7. The lowest BCUT2D eigenvalue weighted by molar-refractivity contribution is -0.00901. The molecule has 0 saturated heterocycles. The molecule has 3 heteroatoms. The largest absolute Gasteiger partial charge is 0.361 e. The molecule has 0 amide bonds. The van der Waals surface area contributed by atoms with Gasteiger partial charge in [-0.15, -0.1) is 6.58 Å². The maximum Gasteiger partial charge on any atom is 0.339 e. The van der Waals surface area contributed by atoms with Gasteiger partial charge in [0.2, 0.25) is 0 Å². The van der Waals surface area contributed by atoms with Crippen molar-refractivity contribution in [1.82, 2.24) is 0 Å². The number of allylic oxidation sites excluding steroid dienone is 1. The molecule has 0 aliphatic heterocycles. The van der Waals surface area contributed by atoms with Crippen molar-refractivity contribution in [2.75, 3.05) is 0 Å². The molecule has 2 aromatic rings. The summed E-state index contributed by atoms with van der Waals surface area (Å²) in [6.07, 6.45) is 2.60. The molecule has 0 aromatic heterocycles. The monoisotopic (exact) mass is 300 g/mol. The molecule has 0 atom stereocenters. The molecule has 0 bridgehead atoms. The molecule has 3 nitrogen and oxygen atoms in total. The van der Waals surface area contributed by atoms with E-state index in [1.807, 2.05) is 36.4 Å². The van der Waals surface area contributed by atoms with Crippen LogP contribution in [0.5, 0.6) is 0 Å². The Balaban J connectivity index is 2.34. The summed E-state index contributed by atoms with van der Waals surface area (Å²) in [6.45, 7) is 3.61. The predicted molar refractivity (Wildman–Crippen MR) is 91.3 cm³/mol. The van der Waals surface area contributed by atoms with E-state index >= 15 is 0 Å². The number of Topliss-reactive ketones (excluding diaryl/α,β-unsaturated/α-hetero) is 1. The predicted octanol–water partition coefficient (Wildman–Crippen LogP) is 3.91. The van der Waals surface area contributed by atoms with Gasteiger partial charge < -0.3 is 5.53 Å². The third kappa shape index (κ3) is 4.38. The molecule has 0 aliphatic rings. The van der Waals surface area contributed by atoms with E-state index in [9.17, 15) is 4.79 Å². The van der Waals surface area contributed by atoms with Crippen LogP contribution in [0, 0.1) is 11.8 Å². The van der Waals surface area contributed by atoms with Gasteiger partial charge in [-0.1, -0.05) is 48.2 Å². The average molecular weight is 300 g/mol. The van der Waals surface area contributed by atoms with E-state index < -0.39 is 0 Å². The van der Waals surface area contributed by atoms with Crippen molar-refractivity contribution in [2.24, 2.45) is 0 Å². The molecule has 2 aromatic carbocycles. The highest BCUT2D eigenvalue weighted by molar-refractivity contribution is 6.44. The second-order valence-corrected chi connectivity index (χ2v) is 4.86. The summed E-state index contributed by atoms with van der Waals surface area (Å²) in [5.41, 5.74) is 11.1. The molecule has 0 saturated carbocycles. The molecule has 0 unspecified atom stereocenters. The third-order valence-electron chi connectivity index (χ3n) is 3.26. The summed E-state index contributed by atoms with van der Waals surface area (Å²) in [7, 11) is 0. The van der Waals surface area contributed by atoms with Crippen LogP contribution in [-0.2, 0) is 0 Å². The summed E-state index contributed by atoms with van der Waals surface area (Å²) in [6, 6.07) is 16.6. The van der Waals surface area contributed by atoms with Crippen molar-refractivity contribution < 1.29 is 9.58 Å². The Hall–Kier alpha value is -3.21. The summed E-state index contributed by atoms with van der Waals surface area (Å²) in [5.74, 6) is 5.74. The lowest BCUT2D eigenvalue weighted by Crippen LogP contribution is -2.16. The van der Waals surface area contributed by atoms with Gasteiger partial charge >= 0.3 is 5.71 Å². The molecule has 2 rings (SSSR count). The second-order valence-electron chi connectivity index (χ2n) is 4.86. The molecule has 23 heavy (non-hydrogen) atoms. The van der Waals surface area contributed by atoms with Crippen LogP contribution >= 0.6 is 0 Å². The van der Waals surface area contributed by atoms with Gasteiger partial charge in [-0.3, -0.25) is 4.79 Å². The van der Waals surface area contributed by atoms with E-state index in [2.05, 4.69) is 23.2 Å². The summed E-state index contributed by atoms with van der Waals surface area (Å²) >= 11 is 0. The van der Waals surface area contributed by atoms with Gasteiger partial charge in [0.05, 0.1) is 6.42 Å². The van der Waals surface area contributed by atoms with Gasteiger partial charge in [0.25, 0.3) is 5.78 Å². The molecule has 0 radical (unpaired) electrons. The number of hydrogen-bond acceptors (Lipinski definition) is 1. The first kappa shape index (κ1) is 16.2.